The van der Waals surface area contributed by atoms with Crippen molar-refractivity contribution in [1.82, 2.24) is 5.32 Å². The van der Waals surface area contributed by atoms with Gasteiger partial charge in [-0.25, -0.2) is 0 Å². The lowest BCUT2D eigenvalue weighted by molar-refractivity contribution is -0.126. The van der Waals surface area contributed by atoms with Crippen LogP contribution in [0.3, 0.4) is 0 Å². The Morgan fingerprint density at radius 3 is 2.69 bits per heavy atom. The SMILES string of the molecule is O=C(NCC1CCCCO1)C1CC2CC2C1. The molecule has 1 saturated heterocycles. The van der Waals surface area contributed by atoms with Crippen molar-refractivity contribution in [2.24, 2.45) is 17.8 Å². The minimum atomic E-state index is 0.272. The summed E-state index contributed by atoms with van der Waals surface area (Å²) in [6.07, 6.45) is 7.47. The molecular formula is C13H21NO2. The average Bonchev–Trinajstić information content (AvgIpc) is 2.94. The summed E-state index contributed by atoms with van der Waals surface area (Å²) < 4.78 is 5.61. The maximum Gasteiger partial charge on any atom is 0.223 e. The summed E-state index contributed by atoms with van der Waals surface area (Å²) in [5, 5.41) is 3.07. The molecule has 3 unspecified atom stereocenters. The third kappa shape index (κ3) is 2.24. The van der Waals surface area contributed by atoms with Gasteiger partial charge >= 0.3 is 0 Å². The fraction of sp³-hybridized carbons (Fsp3) is 0.923. The van der Waals surface area contributed by atoms with Crippen LogP contribution in [0, 0.1) is 17.8 Å². The molecule has 0 bridgehead atoms. The van der Waals surface area contributed by atoms with Crippen molar-refractivity contribution in [2.75, 3.05) is 13.2 Å². The lowest BCUT2D eigenvalue weighted by atomic mass is 10.0. The highest BCUT2D eigenvalue weighted by atomic mass is 16.5. The number of rotatable bonds is 3. The number of carbonyl (C=O) groups excluding carboxylic acids is 1. The van der Waals surface area contributed by atoms with Crippen LogP contribution in [0.25, 0.3) is 0 Å². The molecule has 3 heteroatoms. The molecule has 3 nitrogen and oxygen atoms in total. The van der Waals surface area contributed by atoms with Crippen LogP contribution in [0.2, 0.25) is 0 Å². The van der Waals surface area contributed by atoms with Crippen molar-refractivity contribution < 1.29 is 9.53 Å². The maximum absolute atomic E-state index is 11.9. The molecule has 90 valence electrons. The third-order valence-electron chi connectivity index (χ3n) is 4.39. The Kier molecular flexibility index (Phi) is 2.88. The molecule has 0 aromatic heterocycles. The van der Waals surface area contributed by atoms with E-state index < -0.39 is 0 Å². The highest BCUT2D eigenvalue weighted by molar-refractivity contribution is 5.79. The highest BCUT2D eigenvalue weighted by Gasteiger charge is 2.47. The Labute approximate surface area is 96.9 Å². The van der Waals surface area contributed by atoms with Gasteiger partial charge < -0.3 is 10.1 Å². The Morgan fingerprint density at radius 2 is 2.00 bits per heavy atom. The summed E-state index contributed by atoms with van der Waals surface area (Å²) in [4.78, 5) is 11.9. The summed E-state index contributed by atoms with van der Waals surface area (Å²) >= 11 is 0. The molecular weight excluding hydrogens is 202 g/mol. The Bertz CT molecular complexity index is 263. The number of nitrogens with one attached hydrogen (secondary N) is 1. The lowest BCUT2D eigenvalue weighted by Crippen LogP contribution is -2.38. The Morgan fingerprint density at radius 1 is 1.19 bits per heavy atom. The quantitative estimate of drug-likeness (QED) is 0.791. The van der Waals surface area contributed by atoms with Gasteiger partial charge in [0, 0.05) is 19.1 Å². The minimum Gasteiger partial charge on any atom is -0.376 e. The monoisotopic (exact) mass is 223 g/mol. The second-order valence-corrected chi connectivity index (χ2v) is 5.66. The molecule has 1 N–H and O–H groups in total. The summed E-state index contributed by atoms with van der Waals surface area (Å²) in [7, 11) is 0. The van der Waals surface area contributed by atoms with E-state index >= 15 is 0 Å². The topological polar surface area (TPSA) is 38.3 Å². The van der Waals surface area contributed by atoms with Crippen LogP contribution >= 0.6 is 0 Å². The standard InChI is InChI=1S/C13H21NO2/c15-13(11-6-9-5-10(9)7-11)14-8-12-3-1-2-4-16-12/h9-12H,1-8H2,(H,14,15). The fourth-order valence-corrected chi connectivity index (χ4v) is 3.26. The molecule has 2 saturated carbocycles. The molecule has 2 aliphatic carbocycles. The molecule has 0 aromatic carbocycles. The van der Waals surface area contributed by atoms with Gasteiger partial charge in [0.2, 0.25) is 5.91 Å². The van der Waals surface area contributed by atoms with Crippen LogP contribution in [-0.2, 0) is 9.53 Å². The first-order valence-corrected chi connectivity index (χ1v) is 6.72. The van der Waals surface area contributed by atoms with E-state index in [9.17, 15) is 4.79 Å². The predicted molar refractivity (Wildman–Crippen MR) is 60.9 cm³/mol. The lowest BCUT2D eigenvalue weighted by Gasteiger charge is -2.23. The zero-order valence-corrected chi connectivity index (χ0v) is 9.78. The van der Waals surface area contributed by atoms with E-state index in [1.807, 2.05) is 0 Å². The van der Waals surface area contributed by atoms with Crippen molar-refractivity contribution >= 4 is 5.91 Å². The van der Waals surface area contributed by atoms with E-state index in [0.717, 1.165) is 44.2 Å². The smallest absolute Gasteiger partial charge is 0.223 e. The molecule has 0 aromatic rings. The number of hydrogen-bond acceptors (Lipinski definition) is 2. The van der Waals surface area contributed by atoms with Crippen LogP contribution in [0.5, 0.6) is 0 Å². The van der Waals surface area contributed by atoms with Gasteiger partial charge in [0.1, 0.15) is 0 Å². The van der Waals surface area contributed by atoms with Gasteiger partial charge in [-0.1, -0.05) is 0 Å². The molecule has 1 aliphatic heterocycles. The summed E-state index contributed by atoms with van der Waals surface area (Å²) in [5.41, 5.74) is 0. The molecule has 0 spiro atoms. The predicted octanol–water partition coefficient (Wildman–Crippen LogP) is 1.72. The number of amides is 1. The number of fused-ring (bicyclic) bond motifs is 1. The highest BCUT2D eigenvalue weighted by Crippen LogP contribution is 2.54. The van der Waals surface area contributed by atoms with Gasteiger partial charge in [0.15, 0.2) is 0 Å². The van der Waals surface area contributed by atoms with Gasteiger partial charge in [0.05, 0.1) is 6.10 Å². The minimum absolute atomic E-state index is 0.272. The van der Waals surface area contributed by atoms with Crippen molar-refractivity contribution in [1.29, 1.82) is 0 Å². The van der Waals surface area contributed by atoms with E-state index in [2.05, 4.69) is 5.32 Å². The normalized spacial score (nSPS) is 41.5. The molecule has 3 atom stereocenters. The van der Waals surface area contributed by atoms with E-state index in [1.165, 1.54) is 19.3 Å². The number of ether oxygens (including phenoxy) is 1. The second kappa shape index (κ2) is 4.36. The van der Waals surface area contributed by atoms with Crippen LogP contribution in [0.4, 0.5) is 0 Å². The summed E-state index contributed by atoms with van der Waals surface area (Å²) in [6.45, 7) is 1.60. The summed E-state index contributed by atoms with van der Waals surface area (Å²) in [5.74, 6) is 2.37. The number of hydrogen-bond donors (Lipinski definition) is 1. The van der Waals surface area contributed by atoms with E-state index in [4.69, 9.17) is 4.74 Å². The van der Waals surface area contributed by atoms with E-state index in [1.54, 1.807) is 0 Å². The van der Waals surface area contributed by atoms with Gasteiger partial charge in [-0.3, -0.25) is 4.79 Å². The molecule has 16 heavy (non-hydrogen) atoms. The molecule has 3 fully saturated rings. The Balaban J connectivity index is 1.39. The summed E-state index contributed by atoms with van der Waals surface area (Å²) in [6, 6.07) is 0. The van der Waals surface area contributed by atoms with E-state index in [-0.39, 0.29) is 12.0 Å². The maximum atomic E-state index is 11.9. The first kappa shape index (κ1) is 10.6. The van der Waals surface area contributed by atoms with Crippen LogP contribution in [0.15, 0.2) is 0 Å². The van der Waals surface area contributed by atoms with Crippen molar-refractivity contribution in [3.8, 4) is 0 Å². The second-order valence-electron chi connectivity index (χ2n) is 5.66. The van der Waals surface area contributed by atoms with Crippen molar-refractivity contribution in [2.45, 2.75) is 44.6 Å². The molecule has 3 rings (SSSR count). The third-order valence-corrected chi connectivity index (χ3v) is 4.39. The zero-order chi connectivity index (χ0) is 11.0. The van der Waals surface area contributed by atoms with Crippen LogP contribution in [0.1, 0.15) is 38.5 Å². The molecule has 1 heterocycles. The fourth-order valence-electron chi connectivity index (χ4n) is 3.26. The zero-order valence-electron chi connectivity index (χ0n) is 9.78. The molecule has 3 aliphatic rings. The molecule has 0 radical (unpaired) electrons. The van der Waals surface area contributed by atoms with Crippen LogP contribution < -0.4 is 5.32 Å². The first-order chi connectivity index (χ1) is 7.83. The van der Waals surface area contributed by atoms with E-state index in [0.29, 0.717) is 5.92 Å². The van der Waals surface area contributed by atoms with Gasteiger partial charge in [-0.15, -0.1) is 0 Å². The van der Waals surface area contributed by atoms with Crippen molar-refractivity contribution in [3.05, 3.63) is 0 Å². The largest absolute Gasteiger partial charge is 0.376 e. The molecule has 1 amide bonds. The Hall–Kier alpha value is -0.570. The van der Waals surface area contributed by atoms with Gasteiger partial charge in [0.25, 0.3) is 0 Å². The average molecular weight is 223 g/mol. The van der Waals surface area contributed by atoms with Gasteiger partial charge in [-0.05, 0) is 50.4 Å². The first-order valence-electron chi connectivity index (χ1n) is 6.72. The number of carbonyl (C=O) groups is 1. The van der Waals surface area contributed by atoms with Gasteiger partial charge in [-0.2, -0.15) is 0 Å². The van der Waals surface area contributed by atoms with Crippen molar-refractivity contribution in [3.63, 3.8) is 0 Å². The van der Waals surface area contributed by atoms with Crippen LogP contribution in [-0.4, -0.2) is 25.2 Å².